The summed E-state index contributed by atoms with van der Waals surface area (Å²) in [5.74, 6) is 1.14. The molecule has 0 aliphatic rings. The minimum atomic E-state index is -0.959. The molecule has 340 valence electrons. The zero-order valence-electron chi connectivity index (χ0n) is 38.9. The van der Waals surface area contributed by atoms with Crippen LogP contribution in [-0.4, -0.2) is 54.8 Å². The normalized spacial score (nSPS) is 11.1. The Bertz CT molecular complexity index is 2850. The van der Waals surface area contributed by atoms with Gasteiger partial charge in [-0.1, -0.05) is 32.6 Å². The molecule has 15 nitrogen and oxygen atoms in total. The van der Waals surface area contributed by atoms with Crippen molar-refractivity contribution in [3.8, 4) is 34.5 Å². The number of aldehydes is 1. The van der Waals surface area contributed by atoms with Gasteiger partial charge in [-0.25, -0.2) is 19.0 Å². The van der Waals surface area contributed by atoms with Gasteiger partial charge in [0.2, 0.25) is 0 Å². The molecule has 0 atom stereocenters. The van der Waals surface area contributed by atoms with Crippen LogP contribution in [0.5, 0.6) is 11.5 Å². The van der Waals surface area contributed by atoms with E-state index in [2.05, 4.69) is 43.7 Å². The number of nitrogens with zero attached hydrogens (tertiary/aromatic N) is 6. The number of pyridine rings is 3. The zero-order valence-corrected chi connectivity index (χ0v) is 38.9. The number of halogens is 1. The molecule has 0 aliphatic heterocycles. The average Bonchev–Trinajstić information content (AvgIpc) is 3.25. The van der Waals surface area contributed by atoms with E-state index in [1.807, 2.05) is 55.4 Å². The SMILES string of the molecule is C=C(Nc1ccc(OC(C)(C)C)cn1)C(=O)NC.CC.Cn1nc(-c2cccc(-n3ccc4cc(C(C)(C)C#N)cc(F)c4c3=O)c2C=O)cc(Nc2ccc(OC(C)(C)C)cn2)c1=O. The van der Waals surface area contributed by atoms with Crippen LogP contribution in [0, 0.1) is 17.1 Å². The molecule has 0 bridgehead atoms. The second-order valence-corrected chi connectivity index (χ2v) is 16.9. The molecule has 1 amide bonds. The third-order valence-corrected chi connectivity index (χ3v) is 9.12. The Balaban J connectivity index is 0.000000387. The molecular weight excluding hydrogens is 830 g/mol. The first-order valence-corrected chi connectivity index (χ1v) is 20.7. The number of benzene rings is 2. The summed E-state index contributed by atoms with van der Waals surface area (Å²) in [6, 6.07) is 19.8. The van der Waals surface area contributed by atoms with Crippen LogP contribution in [0.4, 0.5) is 21.7 Å². The van der Waals surface area contributed by atoms with E-state index in [0.717, 1.165) is 4.68 Å². The molecule has 3 N–H and O–H groups in total. The molecule has 6 rings (SSSR count). The Morgan fingerprint density at radius 2 is 1.46 bits per heavy atom. The van der Waals surface area contributed by atoms with Crippen LogP contribution in [0.3, 0.4) is 0 Å². The maximum Gasteiger partial charge on any atom is 0.290 e. The molecule has 0 aliphatic carbocycles. The lowest BCUT2D eigenvalue weighted by Crippen LogP contribution is -2.24. The molecule has 0 unspecified atom stereocenters. The lowest BCUT2D eigenvalue weighted by atomic mass is 9.85. The Labute approximate surface area is 378 Å². The highest BCUT2D eigenvalue weighted by atomic mass is 19.1. The van der Waals surface area contributed by atoms with E-state index in [1.54, 1.807) is 87.9 Å². The summed E-state index contributed by atoms with van der Waals surface area (Å²) in [5.41, 5.74) is -0.941. The second-order valence-electron chi connectivity index (χ2n) is 16.9. The molecule has 0 fully saturated rings. The average molecular weight is 886 g/mol. The number of carbonyl (C=O) groups is 2. The number of amides is 1. The highest BCUT2D eigenvalue weighted by molar-refractivity contribution is 5.95. The summed E-state index contributed by atoms with van der Waals surface area (Å²) in [7, 11) is 3.02. The smallest absolute Gasteiger partial charge is 0.290 e. The fourth-order valence-corrected chi connectivity index (χ4v) is 6.12. The third kappa shape index (κ3) is 12.7. The fourth-order valence-electron chi connectivity index (χ4n) is 6.12. The standard InChI is InChI=1S/C34H31FN6O4.C13H19N3O2.C2H6/c1-33(2,3)45-22-10-11-29(37-17-22)38-27-16-26(39-40(6)31(27)43)23-8-7-9-28(24(23)18-42)41-13-12-20-14-21(34(4,5)19-36)15-25(35)30(20)32(41)44;1-9(12(17)14-5)16-11-7-6-10(8-15-11)18-13(2,3)4;1-2/h7-18H,1-6H3,(H,37,38);6-8H,1H2,2-5H3,(H,14,17)(H,15,16);1-2H3. The summed E-state index contributed by atoms with van der Waals surface area (Å²) in [4.78, 5) is 58.8. The predicted octanol–water partition coefficient (Wildman–Crippen LogP) is 8.78. The number of anilines is 3. The van der Waals surface area contributed by atoms with Crippen molar-refractivity contribution >= 4 is 40.3 Å². The van der Waals surface area contributed by atoms with E-state index in [-0.39, 0.29) is 45.2 Å². The molecule has 4 aromatic heterocycles. The van der Waals surface area contributed by atoms with Crippen molar-refractivity contribution < 1.29 is 23.5 Å². The molecule has 65 heavy (non-hydrogen) atoms. The Morgan fingerprint density at radius 3 is 1.98 bits per heavy atom. The maximum absolute atomic E-state index is 15.3. The van der Waals surface area contributed by atoms with Crippen LogP contribution in [0.25, 0.3) is 27.7 Å². The number of fused-ring (bicyclic) bond motifs is 1. The topological polar surface area (TPSA) is 195 Å². The number of nitriles is 1. The van der Waals surface area contributed by atoms with Gasteiger partial charge in [0.05, 0.1) is 46.3 Å². The summed E-state index contributed by atoms with van der Waals surface area (Å²) < 4.78 is 29.1. The first-order chi connectivity index (χ1) is 30.5. The lowest BCUT2D eigenvalue weighted by molar-refractivity contribution is -0.116. The van der Waals surface area contributed by atoms with Crippen molar-refractivity contribution in [1.29, 1.82) is 5.26 Å². The molecule has 2 aromatic carbocycles. The van der Waals surface area contributed by atoms with Crippen molar-refractivity contribution in [2.75, 3.05) is 17.7 Å². The largest absolute Gasteiger partial charge is 0.487 e. The second kappa shape index (κ2) is 20.7. The van der Waals surface area contributed by atoms with E-state index in [4.69, 9.17) is 9.47 Å². The number of rotatable bonds is 11. The van der Waals surface area contributed by atoms with Gasteiger partial charge < -0.3 is 25.4 Å². The Morgan fingerprint density at radius 1 is 0.862 bits per heavy atom. The lowest BCUT2D eigenvalue weighted by Gasteiger charge is -2.21. The molecular formula is C49H56FN9O6. The maximum atomic E-state index is 15.3. The third-order valence-electron chi connectivity index (χ3n) is 9.12. The number of nitrogens with one attached hydrogen (secondary N) is 3. The van der Waals surface area contributed by atoms with Gasteiger partial charge in [-0.2, -0.15) is 10.4 Å². The molecule has 0 saturated heterocycles. The van der Waals surface area contributed by atoms with Gasteiger partial charge >= 0.3 is 0 Å². The number of ether oxygens (including phenoxy) is 2. The van der Waals surface area contributed by atoms with Gasteiger partial charge in [-0.15, -0.1) is 0 Å². The van der Waals surface area contributed by atoms with Gasteiger partial charge in [-0.05, 0) is 121 Å². The summed E-state index contributed by atoms with van der Waals surface area (Å²) >= 11 is 0. The minimum Gasteiger partial charge on any atom is -0.487 e. The molecule has 0 spiro atoms. The van der Waals surface area contributed by atoms with Crippen molar-refractivity contribution in [3.63, 3.8) is 0 Å². The molecule has 0 saturated carbocycles. The predicted molar refractivity (Wildman–Crippen MR) is 253 cm³/mol. The van der Waals surface area contributed by atoms with Crippen LogP contribution in [0.2, 0.25) is 0 Å². The fraction of sp³-hybridized carbons (Fsp3) is 0.306. The first-order valence-electron chi connectivity index (χ1n) is 20.7. The summed E-state index contributed by atoms with van der Waals surface area (Å²) in [5, 5.41) is 22.3. The number of carbonyl (C=O) groups excluding carboxylic acids is 2. The van der Waals surface area contributed by atoms with E-state index in [0.29, 0.717) is 45.9 Å². The molecule has 6 aromatic rings. The monoisotopic (exact) mass is 885 g/mol. The number of hydrogen-bond acceptors (Lipinski definition) is 12. The number of likely N-dealkylation sites (N-methyl/N-ethyl adjacent to an activating group) is 1. The van der Waals surface area contributed by atoms with Crippen LogP contribution in [0.1, 0.15) is 85.2 Å². The van der Waals surface area contributed by atoms with Crippen LogP contribution < -0.4 is 36.5 Å². The van der Waals surface area contributed by atoms with Crippen molar-refractivity contribution in [1.82, 2.24) is 29.6 Å². The van der Waals surface area contributed by atoms with E-state index in [9.17, 15) is 24.4 Å². The van der Waals surface area contributed by atoms with Crippen molar-refractivity contribution in [3.05, 3.63) is 135 Å². The number of hydrogen-bond donors (Lipinski definition) is 3. The van der Waals surface area contributed by atoms with Gasteiger partial charge in [0.15, 0.2) is 6.29 Å². The Kier molecular flexibility index (Phi) is 15.9. The first kappa shape index (κ1) is 50.0. The van der Waals surface area contributed by atoms with Gasteiger partial charge in [0, 0.05) is 31.4 Å². The van der Waals surface area contributed by atoms with E-state index >= 15 is 4.39 Å². The zero-order chi connectivity index (χ0) is 48.4. The van der Waals surface area contributed by atoms with Crippen LogP contribution >= 0.6 is 0 Å². The molecule has 16 heteroatoms. The number of aryl methyl sites for hydroxylation is 1. The quantitative estimate of drug-likeness (QED) is 0.0828. The molecule has 4 heterocycles. The minimum absolute atomic E-state index is 0.112. The summed E-state index contributed by atoms with van der Waals surface area (Å²) in [6.07, 6.45) is 5.19. The van der Waals surface area contributed by atoms with E-state index in [1.165, 1.54) is 29.9 Å². The van der Waals surface area contributed by atoms with Crippen LogP contribution in [0.15, 0.2) is 107 Å². The van der Waals surface area contributed by atoms with Crippen LogP contribution in [-0.2, 0) is 17.3 Å². The summed E-state index contributed by atoms with van der Waals surface area (Å²) in [6.45, 7) is 22.6. The Hall–Kier alpha value is -7.67. The highest BCUT2D eigenvalue weighted by Gasteiger charge is 2.24. The van der Waals surface area contributed by atoms with Gasteiger partial charge in [0.25, 0.3) is 17.0 Å². The van der Waals surface area contributed by atoms with Crippen molar-refractivity contribution in [2.45, 2.75) is 85.9 Å². The number of aromatic nitrogens is 5. The highest BCUT2D eigenvalue weighted by Crippen LogP contribution is 2.30. The molecule has 0 radical (unpaired) electrons. The van der Waals surface area contributed by atoms with Gasteiger partial charge in [0.1, 0.15) is 45.8 Å². The van der Waals surface area contributed by atoms with E-state index < -0.39 is 28.0 Å². The van der Waals surface area contributed by atoms with Gasteiger partial charge in [-0.3, -0.25) is 23.7 Å². The van der Waals surface area contributed by atoms with Crippen molar-refractivity contribution in [2.24, 2.45) is 7.05 Å².